The summed E-state index contributed by atoms with van der Waals surface area (Å²) in [6.45, 7) is 4.24. The number of nitrogens with two attached hydrogens (primary N) is 2. The molecule has 0 spiro atoms. The van der Waals surface area contributed by atoms with Gasteiger partial charge in [-0.1, -0.05) is 0 Å². The van der Waals surface area contributed by atoms with E-state index in [0.29, 0.717) is 6.54 Å². The first-order chi connectivity index (χ1) is 6.83. The molecule has 4 nitrogen and oxygen atoms in total. The zero-order valence-electron chi connectivity index (χ0n) is 8.52. The van der Waals surface area contributed by atoms with Crippen molar-refractivity contribution in [3.8, 4) is 0 Å². The van der Waals surface area contributed by atoms with Crippen molar-refractivity contribution in [2.75, 3.05) is 12.3 Å². The number of carboxylic acids is 1. The summed E-state index contributed by atoms with van der Waals surface area (Å²) >= 11 is 0.521. The molecule has 15 heavy (non-hydrogen) atoms. The van der Waals surface area contributed by atoms with Gasteiger partial charge < -0.3 is 16.6 Å². The standard InChI is InChI=1S/C7H16N2O2S.2ClH.Pt/c1-7(2,12-4-3-8)5(9)6(10)11;;;/h5H,3-4,8-9H2,1-2H3,(H,10,11);2*1H;/q;;;+2/p-1. The summed E-state index contributed by atoms with van der Waals surface area (Å²) in [7, 11) is 9.75. The molecule has 8 heteroatoms. The molecule has 0 fully saturated rings. The Hall–Kier alpha value is 1.01. The number of hydrogen-bond donors (Lipinski definition) is 3. The Kier molecular flexibility index (Phi) is 12.5. The summed E-state index contributed by atoms with van der Waals surface area (Å²) in [6.07, 6.45) is 0. The van der Waals surface area contributed by atoms with Gasteiger partial charge in [-0.25, -0.2) is 0 Å². The van der Waals surface area contributed by atoms with Crippen molar-refractivity contribution < 1.29 is 26.4 Å². The van der Waals surface area contributed by atoms with Crippen molar-refractivity contribution in [3.63, 3.8) is 0 Å². The van der Waals surface area contributed by atoms with E-state index in [4.69, 9.17) is 35.4 Å². The fourth-order valence-electron chi connectivity index (χ4n) is 0.753. The second kappa shape index (κ2) is 10.2. The third-order valence-electron chi connectivity index (χ3n) is 1.68. The molecule has 0 saturated heterocycles. The Morgan fingerprint density at radius 3 is 2.27 bits per heavy atom. The van der Waals surface area contributed by atoms with Crippen LogP contribution in [0.5, 0.6) is 0 Å². The maximum atomic E-state index is 10.5. The molecule has 0 aromatic rings. The Bertz CT molecular complexity index is 186. The second-order valence-corrected chi connectivity index (χ2v) is 8.38. The number of carbonyl (C=O) groups is 1. The van der Waals surface area contributed by atoms with Crippen molar-refractivity contribution in [3.05, 3.63) is 0 Å². The van der Waals surface area contributed by atoms with E-state index in [-0.39, 0.29) is 0 Å². The monoisotopic (exact) mass is 458 g/mol. The van der Waals surface area contributed by atoms with Crippen LogP contribution >= 0.6 is 18.8 Å². The van der Waals surface area contributed by atoms with Gasteiger partial charge in [0.1, 0.15) is 10.5 Å². The van der Waals surface area contributed by atoms with Crippen LogP contribution in [0.25, 0.3) is 0 Å². The van der Waals surface area contributed by atoms with E-state index in [1.54, 1.807) is 0 Å². The normalized spacial score (nSPS) is 12.9. The molecule has 0 heterocycles. The van der Waals surface area contributed by atoms with Crippen molar-refractivity contribution >= 4 is 36.6 Å². The number of halogens is 2. The fourth-order valence-corrected chi connectivity index (χ4v) is 1.77. The van der Waals surface area contributed by atoms with Crippen molar-refractivity contribution in [2.45, 2.75) is 24.6 Å². The molecule has 0 aliphatic rings. The predicted octanol–water partition coefficient (Wildman–Crippen LogP) is 0.327. The van der Waals surface area contributed by atoms with Crippen molar-refractivity contribution in [1.29, 1.82) is 0 Å². The Morgan fingerprint density at radius 1 is 1.60 bits per heavy atom. The first-order valence-electron chi connectivity index (χ1n) is 4.03. The van der Waals surface area contributed by atoms with Gasteiger partial charge in [0.05, 0.1) is 0 Å². The predicted molar refractivity (Wildman–Crippen MR) is 64.1 cm³/mol. The van der Waals surface area contributed by atoms with E-state index < -0.39 is 33.2 Å². The zero-order chi connectivity index (χ0) is 12.5. The molecule has 1 unspecified atom stereocenters. The average Bonchev–Trinajstić information content (AvgIpc) is 2.14. The van der Waals surface area contributed by atoms with E-state index in [2.05, 4.69) is 0 Å². The first-order valence-corrected chi connectivity index (χ1v) is 10.7. The number of hydrogen-bond acceptors (Lipinski definition) is 3. The Morgan fingerprint density at radius 2 is 2.00 bits per heavy atom. The van der Waals surface area contributed by atoms with Crippen molar-refractivity contribution in [2.24, 2.45) is 11.5 Å². The zero-order valence-corrected chi connectivity index (χ0v) is 13.2. The number of carboxylic acid groups (broad SMARTS) is 1. The Balaban J connectivity index is 0. The average molecular weight is 459 g/mol. The molecular weight excluding hydrogens is 442 g/mol. The molecule has 1 atom stereocenters. The van der Waals surface area contributed by atoms with E-state index >= 15 is 0 Å². The van der Waals surface area contributed by atoms with Gasteiger partial charge in [0.25, 0.3) is 0 Å². The van der Waals surface area contributed by atoms with E-state index in [9.17, 15) is 4.79 Å². The van der Waals surface area contributed by atoms with Gasteiger partial charge in [-0.2, -0.15) is 0 Å². The SMILES string of the molecule is CC(C)([SH+]CCN)C(N)C(=O)O.[Cl][Pt][Cl]. The van der Waals surface area contributed by atoms with Crippen LogP contribution in [0.1, 0.15) is 13.8 Å². The van der Waals surface area contributed by atoms with Gasteiger partial charge in [0.15, 0.2) is 6.04 Å². The quantitative estimate of drug-likeness (QED) is 0.409. The minimum atomic E-state index is -0.954. The van der Waals surface area contributed by atoms with Gasteiger partial charge in [-0.05, 0) is 25.6 Å². The van der Waals surface area contributed by atoms with Crippen LogP contribution < -0.4 is 11.5 Å². The molecule has 0 aromatic heterocycles. The van der Waals surface area contributed by atoms with E-state index in [1.165, 1.54) is 0 Å². The van der Waals surface area contributed by atoms with Gasteiger partial charge in [0, 0.05) is 6.54 Å². The van der Waals surface area contributed by atoms with Crippen LogP contribution in [0.4, 0.5) is 0 Å². The maximum absolute atomic E-state index is 10.5. The van der Waals surface area contributed by atoms with E-state index in [1.807, 2.05) is 13.8 Å². The minimum absolute atomic E-state index is 0.398. The molecule has 0 aromatic carbocycles. The summed E-state index contributed by atoms with van der Waals surface area (Å²) in [5.74, 6) is -0.168. The molecule has 0 aliphatic heterocycles. The summed E-state index contributed by atoms with van der Waals surface area (Å²) in [5, 5.41) is 8.66. The number of rotatable bonds is 5. The van der Waals surface area contributed by atoms with E-state index in [0.717, 1.165) is 17.5 Å². The molecule has 0 bridgehead atoms. The first kappa shape index (κ1) is 18.4. The topological polar surface area (TPSA) is 89.3 Å². The third-order valence-corrected chi connectivity index (χ3v) is 3.25. The molecule has 0 saturated carbocycles. The molecule has 5 N–H and O–H groups in total. The molecule has 0 aliphatic carbocycles. The van der Waals surface area contributed by atoms with Crippen LogP contribution in [0.2, 0.25) is 0 Å². The Labute approximate surface area is 111 Å². The van der Waals surface area contributed by atoms with Gasteiger partial charge >= 0.3 is 41.3 Å². The second-order valence-electron chi connectivity index (χ2n) is 3.19. The third kappa shape index (κ3) is 9.91. The number of aliphatic carboxylic acids is 1. The summed E-state index contributed by atoms with van der Waals surface area (Å²) in [5.41, 5.74) is 10.8. The summed E-state index contributed by atoms with van der Waals surface area (Å²) in [4.78, 5) is 10.5. The van der Waals surface area contributed by atoms with Gasteiger partial charge in [0.2, 0.25) is 0 Å². The molecule has 0 rings (SSSR count). The number of thiol groups is 1. The van der Waals surface area contributed by atoms with Gasteiger partial charge in [-0.15, -0.1) is 0 Å². The summed E-state index contributed by atoms with van der Waals surface area (Å²) in [6, 6.07) is -0.814. The fraction of sp³-hybridized carbons (Fsp3) is 0.857. The van der Waals surface area contributed by atoms with Crippen LogP contribution in [0, 0.1) is 0 Å². The van der Waals surface area contributed by atoms with Crippen molar-refractivity contribution in [1.82, 2.24) is 0 Å². The van der Waals surface area contributed by atoms with Gasteiger partial charge in [-0.3, -0.25) is 4.79 Å². The molecule has 0 amide bonds. The van der Waals surface area contributed by atoms with Crippen LogP contribution in [-0.2, 0) is 33.0 Å². The molecule has 0 radical (unpaired) electrons. The van der Waals surface area contributed by atoms with Crippen LogP contribution in [0.3, 0.4) is 0 Å². The molecule has 96 valence electrons. The summed E-state index contributed by atoms with van der Waals surface area (Å²) < 4.78 is -0.398. The molecular formula is C7H17Cl2N2O2PtS+. The van der Waals surface area contributed by atoms with Crippen LogP contribution in [0.15, 0.2) is 0 Å². The van der Waals surface area contributed by atoms with Crippen LogP contribution in [-0.4, -0.2) is 34.2 Å².